The molecule has 0 aromatic heterocycles. The number of hydrogen-bond acceptors (Lipinski definition) is 4. The zero-order valence-electron chi connectivity index (χ0n) is 18.7. The van der Waals surface area contributed by atoms with Gasteiger partial charge in [0, 0.05) is 29.2 Å². The number of amidine groups is 1. The zero-order chi connectivity index (χ0) is 23.5. The van der Waals surface area contributed by atoms with E-state index in [9.17, 15) is 9.00 Å². The first-order valence-corrected chi connectivity index (χ1v) is 12.6. The minimum atomic E-state index is -1.31. The maximum absolute atomic E-state index is 12.4. The van der Waals surface area contributed by atoms with E-state index >= 15 is 0 Å². The Morgan fingerprint density at radius 3 is 2.36 bits per heavy atom. The lowest BCUT2D eigenvalue weighted by Crippen LogP contribution is -2.25. The van der Waals surface area contributed by atoms with Crippen molar-refractivity contribution in [1.29, 1.82) is 0 Å². The fourth-order valence-corrected chi connectivity index (χ4v) is 4.26. The van der Waals surface area contributed by atoms with Crippen LogP contribution < -0.4 is 14.8 Å². The van der Waals surface area contributed by atoms with Gasteiger partial charge in [0.1, 0.15) is 16.8 Å². The van der Waals surface area contributed by atoms with Crippen LogP contribution in [0, 0.1) is 6.92 Å². The van der Waals surface area contributed by atoms with E-state index in [1.54, 1.807) is 0 Å². The lowest BCUT2D eigenvalue weighted by Gasteiger charge is -2.08. The van der Waals surface area contributed by atoms with E-state index < -0.39 is 11.0 Å². The van der Waals surface area contributed by atoms with Crippen LogP contribution in [-0.4, -0.2) is 29.0 Å². The molecule has 0 spiro atoms. The molecule has 1 atom stereocenters. The number of hydrogen-bond donors (Lipinski definition) is 3. The fraction of sp³-hybridized carbons (Fsp3) is 0.200. The molecular weight excluding hydrogens is 452 g/mol. The summed E-state index contributed by atoms with van der Waals surface area (Å²) < 4.78 is 18.6. The molecule has 3 aromatic rings. The Balaban J connectivity index is 1.35. The molecule has 0 heterocycles. The Hall–Kier alpha value is -3.10. The van der Waals surface area contributed by atoms with Crippen LogP contribution in [0.3, 0.4) is 0 Å². The highest BCUT2D eigenvalue weighted by Gasteiger charge is 2.05. The molecule has 0 aliphatic carbocycles. The number of benzene rings is 3. The SMILES string of the molecule is CC(=NCCCNC(=O)c1ccc(C)cc1)NSc1ccc(S(=O)Nc2ccccc2)cc1. The molecule has 3 N–H and O–H groups in total. The molecule has 0 aliphatic rings. The standard InChI is InChI=1S/C25H28N4O2S2/c1-19-9-11-21(12-10-19)25(30)27-18-6-17-26-20(2)28-32-23-13-15-24(16-14-23)33(31)29-22-7-4-3-5-8-22/h3-5,7-16,29H,6,17-18H2,1-2H3,(H,26,28)(H,27,30). The number of aliphatic imine (C=N–C) groups is 1. The third-order valence-electron chi connectivity index (χ3n) is 4.62. The quantitative estimate of drug-likeness (QED) is 0.166. The predicted molar refractivity (Wildman–Crippen MR) is 138 cm³/mol. The largest absolute Gasteiger partial charge is 0.352 e. The Labute approximate surface area is 202 Å². The normalized spacial score (nSPS) is 12.1. The summed E-state index contributed by atoms with van der Waals surface area (Å²) in [6.45, 7) is 5.10. The van der Waals surface area contributed by atoms with E-state index in [4.69, 9.17) is 0 Å². The first kappa shape index (κ1) is 24.5. The topological polar surface area (TPSA) is 82.6 Å². The average Bonchev–Trinajstić information content (AvgIpc) is 2.83. The van der Waals surface area contributed by atoms with Crippen LogP contribution in [0.5, 0.6) is 0 Å². The van der Waals surface area contributed by atoms with Crippen molar-refractivity contribution in [3.05, 3.63) is 90.0 Å². The number of aryl methyl sites for hydroxylation is 1. The molecule has 0 radical (unpaired) electrons. The third kappa shape index (κ3) is 8.40. The first-order valence-electron chi connectivity index (χ1n) is 10.6. The molecule has 1 amide bonds. The minimum Gasteiger partial charge on any atom is -0.352 e. The lowest BCUT2D eigenvalue weighted by molar-refractivity contribution is 0.0953. The smallest absolute Gasteiger partial charge is 0.251 e. The van der Waals surface area contributed by atoms with Gasteiger partial charge in [-0.1, -0.05) is 35.9 Å². The Kier molecular flexibility index (Phi) is 9.53. The van der Waals surface area contributed by atoms with Crippen molar-refractivity contribution in [1.82, 2.24) is 10.0 Å². The highest BCUT2D eigenvalue weighted by molar-refractivity contribution is 7.98. The Morgan fingerprint density at radius 1 is 0.970 bits per heavy atom. The number of nitrogens with one attached hydrogen (secondary N) is 3. The van der Waals surface area contributed by atoms with Crippen LogP contribution in [0.4, 0.5) is 5.69 Å². The van der Waals surface area contributed by atoms with Crippen LogP contribution >= 0.6 is 11.9 Å². The second-order valence-corrected chi connectivity index (χ2v) is 9.45. The molecule has 3 aromatic carbocycles. The summed E-state index contributed by atoms with van der Waals surface area (Å²) in [5, 5.41) is 2.92. The van der Waals surface area contributed by atoms with E-state index in [1.807, 2.05) is 92.7 Å². The molecule has 0 aliphatic heterocycles. The molecule has 0 saturated carbocycles. The highest BCUT2D eigenvalue weighted by Crippen LogP contribution is 2.18. The van der Waals surface area contributed by atoms with Gasteiger partial charge in [-0.3, -0.25) is 9.79 Å². The number of amides is 1. The van der Waals surface area contributed by atoms with Gasteiger partial charge in [0.2, 0.25) is 0 Å². The van der Waals surface area contributed by atoms with Gasteiger partial charge in [-0.05, 0) is 80.7 Å². The van der Waals surface area contributed by atoms with Gasteiger partial charge in [0.15, 0.2) is 0 Å². The second-order valence-electron chi connectivity index (χ2n) is 7.35. The summed E-state index contributed by atoms with van der Waals surface area (Å²) in [6, 6.07) is 24.5. The summed E-state index contributed by atoms with van der Waals surface area (Å²) >= 11 is 1.45. The van der Waals surface area contributed by atoms with E-state index in [-0.39, 0.29) is 5.91 Å². The Bertz CT molecular complexity index is 1090. The van der Waals surface area contributed by atoms with E-state index in [0.717, 1.165) is 28.4 Å². The van der Waals surface area contributed by atoms with E-state index in [1.165, 1.54) is 11.9 Å². The summed E-state index contributed by atoms with van der Waals surface area (Å²) in [4.78, 5) is 18.3. The number of anilines is 1. The molecule has 1 unspecified atom stereocenters. The number of carbonyl (C=O) groups excluding carboxylic acids is 1. The lowest BCUT2D eigenvalue weighted by atomic mass is 10.1. The van der Waals surface area contributed by atoms with Crippen molar-refractivity contribution < 1.29 is 9.00 Å². The van der Waals surface area contributed by atoms with Crippen molar-refractivity contribution in [2.75, 3.05) is 17.8 Å². The number of nitrogens with zero attached hydrogens (tertiary/aromatic N) is 1. The van der Waals surface area contributed by atoms with Gasteiger partial charge >= 0.3 is 0 Å². The van der Waals surface area contributed by atoms with Gasteiger partial charge in [-0.25, -0.2) is 4.21 Å². The molecule has 0 saturated heterocycles. The van der Waals surface area contributed by atoms with Crippen molar-refractivity contribution in [3.8, 4) is 0 Å². The number of carbonyl (C=O) groups is 1. The monoisotopic (exact) mass is 480 g/mol. The van der Waals surface area contributed by atoms with Gasteiger partial charge in [-0.2, -0.15) is 0 Å². The maximum atomic E-state index is 12.4. The molecule has 6 nitrogen and oxygen atoms in total. The summed E-state index contributed by atoms with van der Waals surface area (Å²) in [7, 11) is -1.31. The number of rotatable bonds is 10. The van der Waals surface area contributed by atoms with Gasteiger partial charge in [0.05, 0.1) is 4.90 Å². The summed E-state index contributed by atoms with van der Waals surface area (Å²) in [6.07, 6.45) is 0.760. The molecular formula is C25H28N4O2S2. The first-order chi connectivity index (χ1) is 16.0. The predicted octanol–water partition coefficient (Wildman–Crippen LogP) is 4.96. The molecule has 3 rings (SSSR count). The van der Waals surface area contributed by atoms with E-state index in [0.29, 0.717) is 23.5 Å². The molecule has 0 fully saturated rings. The highest BCUT2D eigenvalue weighted by atomic mass is 32.2. The van der Waals surface area contributed by atoms with Crippen molar-refractivity contribution >= 4 is 40.4 Å². The van der Waals surface area contributed by atoms with Crippen LogP contribution in [0.25, 0.3) is 0 Å². The van der Waals surface area contributed by atoms with Crippen LogP contribution in [0.15, 0.2) is 93.6 Å². The molecule has 172 valence electrons. The summed E-state index contributed by atoms with van der Waals surface area (Å²) in [5.74, 6) is 0.746. The average molecular weight is 481 g/mol. The van der Waals surface area contributed by atoms with Gasteiger partial charge < -0.3 is 14.8 Å². The van der Waals surface area contributed by atoms with Crippen molar-refractivity contribution in [2.24, 2.45) is 4.99 Å². The molecule has 8 heteroatoms. The van der Waals surface area contributed by atoms with Crippen LogP contribution in [-0.2, 0) is 11.0 Å². The number of para-hydroxylation sites is 1. The fourth-order valence-electron chi connectivity index (χ4n) is 2.80. The van der Waals surface area contributed by atoms with Crippen molar-refractivity contribution in [2.45, 2.75) is 30.1 Å². The maximum Gasteiger partial charge on any atom is 0.251 e. The zero-order valence-corrected chi connectivity index (χ0v) is 20.3. The minimum absolute atomic E-state index is 0.0623. The van der Waals surface area contributed by atoms with Crippen molar-refractivity contribution in [3.63, 3.8) is 0 Å². The third-order valence-corrected chi connectivity index (χ3v) is 6.65. The van der Waals surface area contributed by atoms with Gasteiger partial charge in [-0.15, -0.1) is 0 Å². The van der Waals surface area contributed by atoms with Gasteiger partial charge in [0.25, 0.3) is 5.91 Å². The molecule has 0 bridgehead atoms. The van der Waals surface area contributed by atoms with Crippen LogP contribution in [0.1, 0.15) is 29.3 Å². The van der Waals surface area contributed by atoms with E-state index in [2.05, 4.69) is 19.8 Å². The molecule has 33 heavy (non-hydrogen) atoms. The summed E-state index contributed by atoms with van der Waals surface area (Å²) in [5.41, 5.74) is 2.62. The Morgan fingerprint density at radius 2 is 1.67 bits per heavy atom. The van der Waals surface area contributed by atoms with Crippen LogP contribution in [0.2, 0.25) is 0 Å². The second kappa shape index (κ2) is 12.8.